The lowest BCUT2D eigenvalue weighted by Crippen LogP contribution is -2.21. The Morgan fingerprint density at radius 3 is 3.00 bits per heavy atom. The van der Waals surface area contributed by atoms with E-state index in [1.807, 2.05) is 6.20 Å². The van der Waals surface area contributed by atoms with Crippen LogP contribution in [0.1, 0.15) is 18.5 Å². The van der Waals surface area contributed by atoms with Crippen molar-refractivity contribution in [3.63, 3.8) is 0 Å². The van der Waals surface area contributed by atoms with Gasteiger partial charge in [0.25, 0.3) is 0 Å². The summed E-state index contributed by atoms with van der Waals surface area (Å²) in [4.78, 5) is 7.12. The minimum absolute atomic E-state index is 0.639. The van der Waals surface area contributed by atoms with Crippen molar-refractivity contribution in [2.75, 3.05) is 24.5 Å². The van der Waals surface area contributed by atoms with E-state index in [2.05, 4.69) is 67.0 Å². The van der Waals surface area contributed by atoms with Crippen molar-refractivity contribution in [3.8, 4) is 11.5 Å². The molecule has 1 saturated heterocycles. The molecule has 4 heterocycles. The van der Waals surface area contributed by atoms with E-state index >= 15 is 0 Å². The lowest BCUT2D eigenvalue weighted by molar-refractivity contribution is 0.487. The van der Waals surface area contributed by atoms with Gasteiger partial charge < -0.3 is 14.8 Å². The summed E-state index contributed by atoms with van der Waals surface area (Å²) in [7, 11) is 0. The second kappa shape index (κ2) is 7.19. The number of hydrogen-bond donors (Lipinski definition) is 1. The van der Waals surface area contributed by atoms with Crippen molar-refractivity contribution in [2.24, 2.45) is 5.92 Å². The first-order chi connectivity index (χ1) is 13.4. The average molecular weight is 362 g/mol. The number of nitrogens with zero attached hydrogens (tertiary/aromatic N) is 5. The third-order valence-electron chi connectivity index (χ3n) is 5.70. The van der Waals surface area contributed by atoms with Gasteiger partial charge in [0.15, 0.2) is 5.82 Å². The first kappa shape index (κ1) is 16.6. The van der Waals surface area contributed by atoms with Crippen molar-refractivity contribution in [3.05, 3.63) is 54.5 Å². The van der Waals surface area contributed by atoms with Crippen molar-refractivity contribution in [1.82, 2.24) is 24.6 Å². The minimum Gasteiger partial charge on any atom is -0.371 e. The molecule has 2 aliphatic heterocycles. The zero-order valence-electron chi connectivity index (χ0n) is 15.6. The predicted molar refractivity (Wildman–Crippen MR) is 107 cm³/mol. The molecule has 2 aromatic heterocycles. The van der Waals surface area contributed by atoms with Crippen LogP contribution < -0.4 is 10.2 Å². The fourth-order valence-corrected chi connectivity index (χ4v) is 4.29. The highest BCUT2D eigenvalue weighted by Crippen LogP contribution is 2.26. The van der Waals surface area contributed by atoms with Gasteiger partial charge in [-0.15, -0.1) is 0 Å². The van der Waals surface area contributed by atoms with Gasteiger partial charge >= 0.3 is 0 Å². The summed E-state index contributed by atoms with van der Waals surface area (Å²) in [5.41, 5.74) is 3.58. The number of para-hydroxylation sites is 1. The zero-order chi connectivity index (χ0) is 18.1. The number of rotatable bonds is 4. The maximum atomic E-state index is 4.83. The van der Waals surface area contributed by atoms with Crippen LogP contribution in [-0.4, -0.2) is 39.0 Å². The molecule has 1 aromatic carbocycles. The lowest BCUT2D eigenvalue weighted by atomic mass is 10.1. The Bertz CT molecular complexity index is 873. The van der Waals surface area contributed by atoms with Gasteiger partial charge in [-0.25, -0.2) is 4.98 Å². The van der Waals surface area contributed by atoms with Gasteiger partial charge in [0.05, 0.1) is 5.69 Å². The molecule has 1 fully saturated rings. The van der Waals surface area contributed by atoms with Gasteiger partial charge in [-0.05, 0) is 43.5 Å². The second-order valence-corrected chi connectivity index (χ2v) is 7.61. The molecule has 1 atom stereocenters. The highest BCUT2D eigenvalue weighted by Gasteiger charge is 2.24. The first-order valence-corrected chi connectivity index (χ1v) is 9.96. The Balaban J connectivity index is 1.31. The molecule has 140 valence electrons. The first-order valence-electron chi connectivity index (χ1n) is 9.96. The lowest BCUT2D eigenvalue weighted by Gasteiger charge is -2.19. The molecule has 0 aliphatic carbocycles. The van der Waals surface area contributed by atoms with Crippen molar-refractivity contribution < 1.29 is 0 Å². The SMILES string of the molecule is c1ccc(N2CCC(Cn3ccnc3-c3cc4n(n3)CCCNC4)C2)cc1. The molecule has 0 spiro atoms. The highest BCUT2D eigenvalue weighted by molar-refractivity contribution is 5.51. The van der Waals surface area contributed by atoms with E-state index in [1.165, 1.54) is 17.8 Å². The van der Waals surface area contributed by atoms with Crippen LogP contribution in [0, 0.1) is 5.92 Å². The Morgan fingerprint density at radius 2 is 2.07 bits per heavy atom. The Morgan fingerprint density at radius 1 is 1.15 bits per heavy atom. The van der Waals surface area contributed by atoms with Crippen LogP contribution in [0.15, 0.2) is 48.8 Å². The molecule has 27 heavy (non-hydrogen) atoms. The quantitative estimate of drug-likeness (QED) is 0.775. The molecule has 6 heteroatoms. The topological polar surface area (TPSA) is 50.9 Å². The van der Waals surface area contributed by atoms with Gasteiger partial charge in [0, 0.05) is 50.8 Å². The van der Waals surface area contributed by atoms with E-state index in [0.717, 1.165) is 57.2 Å². The van der Waals surface area contributed by atoms with Gasteiger partial charge in [-0.1, -0.05) is 18.2 Å². The van der Waals surface area contributed by atoms with Crippen LogP contribution in [0.5, 0.6) is 0 Å². The molecule has 6 nitrogen and oxygen atoms in total. The summed E-state index contributed by atoms with van der Waals surface area (Å²) in [5.74, 6) is 1.63. The van der Waals surface area contributed by atoms with Crippen molar-refractivity contribution in [1.29, 1.82) is 0 Å². The van der Waals surface area contributed by atoms with E-state index in [-0.39, 0.29) is 0 Å². The number of aryl methyl sites for hydroxylation is 1. The molecule has 1 N–H and O–H groups in total. The van der Waals surface area contributed by atoms with Crippen LogP contribution >= 0.6 is 0 Å². The molecule has 5 rings (SSSR count). The monoisotopic (exact) mass is 362 g/mol. The van der Waals surface area contributed by atoms with Crippen molar-refractivity contribution >= 4 is 5.69 Å². The minimum atomic E-state index is 0.639. The number of benzene rings is 1. The second-order valence-electron chi connectivity index (χ2n) is 7.61. The van der Waals surface area contributed by atoms with Gasteiger partial charge in [0.2, 0.25) is 0 Å². The van der Waals surface area contributed by atoms with E-state index in [9.17, 15) is 0 Å². The van der Waals surface area contributed by atoms with E-state index in [0.29, 0.717) is 5.92 Å². The van der Waals surface area contributed by atoms with Crippen LogP contribution in [0.25, 0.3) is 11.5 Å². The summed E-state index contributed by atoms with van der Waals surface area (Å²) in [6.45, 7) is 6.17. The number of aromatic nitrogens is 4. The van der Waals surface area contributed by atoms with Crippen LogP contribution in [0.2, 0.25) is 0 Å². The molecule has 0 radical (unpaired) electrons. The normalized spacial score (nSPS) is 19.9. The molecule has 0 amide bonds. The van der Waals surface area contributed by atoms with E-state index < -0.39 is 0 Å². The maximum Gasteiger partial charge on any atom is 0.160 e. The van der Waals surface area contributed by atoms with Gasteiger partial charge in [0.1, 0.15) is 5.69 Å². The van der Waals surface area contributed by atoms with Crippen LogP contribution in [0.3, 0.4) is 0 Å². The summed E-state index contributed by atoms with van der Waals surface area (Å²) < 4.78 is 4.43. The van der Waals surface area contributed by atoms with E-state index in [1.54, 1.807) is 0 Å². The van der Waals surface area contributed by atoms with Gasteiger partial charge in [-0.3, -0.25) is 4.68 Å². The average Bonchev–Trinajstić information content (AvgIpc) is 3.41. The number of imidazole rings is 1. The van der Waals surface area contributed by atoms with Crippen LogP contribution in [-0.2, 0) is 19.6 Å². The highest BCUT2D eigenvalue weighted by atomic mass is 15.3. The third kappa shape index (κ3) is 3.37. The molecule has 3 aromatic rings. The van der Waals surface area contributed by atoms with Gasteiger partial charge in [-0.2, -0.15) is 5.10 Å². The summed E-state index contributed by atoms with van der Waals surface area (Å²) in [6, 6.07) is 12.9. The number of nitrogens with one attached hydrogen (secondary N) is 1. The Kier molecular flexibility index (Phi) is 4.41. The van der Waals surface area contributed by atoms with Crippen LogP contribution in [0.4, 0.5) is 5.69 Å². The molecule has 0 saturated carbocycles. The standard InChI is InChI=1S/C21H26N6/c1-2-5-18(6-3-1)25-11-7-17(15-25)16-26-12-9-23-21(26)20-13-19-14-22-8-4-10-27(19)24-20/h1-3,5-6,9,12-13,17,22H,4,7-8,10-11,14-16H2. The number of fused-ring (bicyclic) bond motifs is 1. The Hall–Kier alpha value is -2.60. The fourth-order valence-electron chi connectivity index (χ4n) is 4.29. The molecule has 2 aliphatic rings. The zero-order valence-corrected chi connectivity index (χ0v) is 15.6. The summed E-state index contributed by atoms with van der Waals surface area (Å²) >= 11 is 0. The van der Waals surface area contributed by atoms with Crippen molar-refractivity contribution in [2.45, 2.75) is 32.5 Å². The molecular weight excluding hydrogens is 336 g/mol. The Labute approximate surface area is 159 Å². The molecular formula is C21H26N6. The predicted octanol–water partition coefficient (Wildman–Crippen LogP) is 2.77. The number of hydrogen-bond acceptors (Lipinski definition) is 4. The molecule has 0 bridgehead atoms. The maximum absolute atomic E-state index is 4.83. The molecule has 1 unspecified atom stereocenters. The fraction of sp³-hybridized carbons (Fsp3) is 0.429. The largest absolute Gasteiger partial charge is 0.371 e. The smallest absolute Gasteiger partial charge is 0.160 e. The number of anilines is 1. The summed E-state index contributed by atoms with van der Waals surface area (Å²) in [6.07, 6.45) is 6.35. The van der Waals surface area contributed by atoms with E-state index in [4.69, 9.17) is 5.10 Å². The third-order valence-corrected chi connectivity index (χ3v) is 5.70. The summed E-state index contributed by atoms with van der Waals surface area (Å²) in [5, 5.41) is 8.30.